The first-order chi connectivity index (χ1) is 7.75. The third-order valence-electron chi connectivity index (χ3n) is 3.82. The maximum absolute atomic E-state index is 11.9. The van der Waals surface area contributed by atoms with E-state index < -0.39 is 0 Å². The summed E-state index contributed by atoms with van der Waals surface area (Å²) >= 11 is 0. The maximum Gasteiger partial charge on any atom is 0.223 e. The van der Waals surface area contributed by atoms with Gasteiger partial charge in [0.25, 0.3) is 0 Å². The first-order valence-electron chi connectivity index (χ1n) is 6.58. The summed E-state index contributed by atoms with van der Waals surface area (Å²) in [6.07, 6.45) is 9.13. The Hall–Kier alpha value is -0.860. The van der Waals surface area contributed by atoms with Crippen LogP contribution in [0.3, 0.4) is 0 Å². The molecule has 0 heterocycles. The molecule has 2 aliphatic rings. The normalized spacial score (nSPS) is 27.8. The second kappa shape index (κ2) is 5.46. The number of hydrogen-bond acceptors (Lipinski definition) is 2. The number of carbonyl (C=O) groups excluding carboxylic acids is 2. The van der Waals surface area contributed by atoms with Crippen LogP contribution in [0.1, 0.15) is 57.8 Å². The average Bonchev–Trinajstić information content (AvgIpc) is 2.54. The molecule has 0 radical (unpaired) electrons. The van der Waals surface area contributed by atoms with Crippen molar-refractivity contribution in [3.05, 3.63) is 0 Å². The molecular formula is C13H21NO2. The van der Waals surface area contributed by atoms with Crippen molar-refractivity contribution >= 4 is 11.7 Å². The highest BCUT2D eigenvalue weighted by Crippen LogP contribution is 2.23. The summed E-state index contributed by atoms with van der Waals surface area (Å²) in [7, 11) is 0. The van der Waals surface area contributed by atoms with Crippen molar-refractivity contribution < 1.29 is 9.59 Å². The maximum atomic E-state index is 11.9. The Bertz CT molecular complexity index is 267. The minimum atomic E-state index is -0.0317. The van der Waals surface area contributed by atoms with Gasteiger partial charge < -0.3 is 5.32 Å². The molecular weight excluding hydrogens is 202 g/mol. The van der Waals surface area contributed by atoms with Crippen molar-refractivity contribution in [2.24, 2.45) is 5.92 Å². The van der Waals surface area contributed by atoms with Gasteiger partial charge in [0.2, 0.25) is 5.91 Å². The van der Waals surface area contributed by atoms with Crippen LogP contribution >= 0.6 is 0 Å². The van der Waals surface area contributed by atoms with Crippen molar-refractivity contribution in [3.63, 3.8) is 0 Å². The fraction of sp³-hybridized carbons (Fsp3) is 0.846. The van der Waals surface area contributed by atoms with Gasteiger partial charge in [-0.3, -0.25) is 9.59 Å². The standard InChI is InChI=1S/C13H21NO2/c15-12-8-7-10(9-12)13(16)14-11-5-3-1-2-4-6-11/h10-11H,1-9H2,(H,14,16). The quantitative estimate of drug-likeness (QED) is 0.729. The highest BCUT2D eigenvalue weighted by Gasteiger charge is 2.29. The SMILES string of the molecule is O=C1CCC(C(=O)NC2CCCCCC2)C1. The number of Topliss-reactive ketones (excluding diaryl/α,β-unsaturated/α-hetero) is 1. The Labute approximate surface area is 97.0 Å². The third-order valence-corrected chi connectivity index (χ3v) is 3.82. The Morgan fingerprint density at radius 3 is 2.31 bits per heavy atom. The van der Waals surface area contributed by atoms with E-state index in [4.69, 9.17) is 0 Å². The molecule has 2 saturated carbocycles. The largest absolute Gasteiger partial charge is 0.353 e. The summed E-state index contributed by atoms with van der Waals surface area (Å²) in [6, 6.07) is 0.366. The van der Waals surface area contributed by atoms with Crippen LogP contribution in [-0.4, -0.2) is 17.7 Å². The summed E-state index contributed by atoms with van der Waals surface area (Å²) in [6.45, 7) is 0. The average molecular weight is 223 g/mol. The summed E-state index contributed by atoms with van der Waals surface area (Å²) in [5.74, 6) is 0.342. The lowest BCUT2D eigenvalue weighted by Crippen LogP contribution is -2.38. The van der Waals surface area contributed by atoms with Crippen LogP contribution in [0.4, 0.5) is 0 Å². The Morgan fingerprint density at radius 1 is 1.06 bits per heavy atom. The summed E-state index contributed by atoms with van der Waals surface area (Å²) in [5, 5.41) is 3.13. The van der Waals surface area contributed by atoms with Crippen LogP contribution in [0.2, 0.25) is 0 Å². The van der Waals surface area contributed by atoms with Crippen LogP contribution in [0.25, 0.3) is 0 Å². The molecule has 0 saturated heterocycles. The molecule has 90 valence electrons. The zero-order valence-corrected chi connectivity index (χ0v) is 9.84. The fourth-order valence-corrected chi connectivity index (χ4v) is 2.78. The van der Waals surface area contributed by atoms with Crippen LogP contribution in [0.5, 0.6) is 0 Å². The van der Waals surface area contributed by atoms with Gasteiger partial charge >= 0.3 is 0 Å². The lowest BCUT2D eigenvalue weighted by atomic mass is 10.0. The number of carbonyl (C=O) groups is 2. The number of amides is 1. The van der Waals surface area contributed by atoms with Gasteiger partial charge in [-0.1, -0.05) is 25.7 Å². The highest BCUT2D eigenvalue weighted by molar-refractivity contribution is 5.90. The monoisotopic (exact) mass is 223 g/mol. The van der Waals surface area contributed by atoms with E-state index in [1.165, 1.54) is 25.7 Å². The number of rotatable bonds is 2. The van der Waals surface area contributed by atoms with Gasteiger partial charge in [-0.05, 0) is 19.3 Å². The molecule has 3 heteroatoms. The molecule has 0 aromatic heterocycles. The van der Waals surface area contributed by atoms with Gasteiger partial charge in [0.1, 0.15) is 5.78 Å². The van der Waals surface area contributed by atoms with Crippen molar-refractivity contribution in [3.8, 4) is 0 Å². The molecule has 1 unspecified atom stereocenters. The molecule has 0 spiro atoms. The van der Waals surface area contributed by atoms with Gasteiger partial charge in [0.05, 0.1) is 0 Å². The molecule has 2 rings (SSSR count). The van der Waals surface area contributed by atoms with Crippen molar-refractivity contribution in [1.29, 1.82) is 0 Å². The van der Waals surface area contributed by atoms with E-state index >= 15 is 0 Å². The van der Waals surface area contributed by atoms with E-state index in [-0.39, 0.29) is 17.6 Å². The van der Waals surface area contributed by atoms with E-state index in [2.05, 4.69) is 5.32 Å². The molecule has 1 amide bonds. The predicted octanol–water partition coefficient (Wildman–Crippen LogP) is 2.19. The van der Waals surface area contributed by atoms with Gasteiger partial charge in [-0.25, -0.2) is 0 Å². The highest BCUT2D eigenvalue weighted by atomic mass is 16.2. The van der Waals surface area contributed by atoms with E-state index in [0.29, 0.717) is 18.9 Å². The summed E-state index contributed by atoms with van der Waals surface area (Å²) in [5.41, 5.74) is 0. The van der Waals surface area contributed by atoms with Gasteiger partial charge in [0.15, 0.2) is 0 Å². The molecule has 0 bridgehead atoms. The third kappa shape index (κ3) is 3.06. The van der Waals surface area contributed by atoms with E-state index in [9.17, 15) is 9.59 Å². The Balaban J connectivity index is 1.79. The predicted molar refractivity (Wildman–Crippen MR) is 62.0 cm³/mol. The van der Waals surface area contributed by atoms with Crippen molar-refractivity contribution in [1.82, 2.24) is 5.32 Å². The van der Waals surface area contributed by atoms with Crippen molar-refractivity contribution in [2.75, 3.05) is 0 Å². The molecule has 0 aromatic carbocycles. The fourth-order valence-electron chi connectivity index (χ4n) is 2.78. The lowest BCUT2D eigenvalue weighted by molar-refractivity contribution is -0.127. The Kier molecular flexibility index (Phi) is 3.97. The molecule has 3 nitrogen and oxygen atoms in total. The van der Waals surface area contributed by atoms with Crippen LogP contribution < -0.4 is 5.32 Å². The Morgan fingerprint density at radius 2 is 1.75 bits per heavy atom. The van der Waals surface area contributed by atoms with Gasteiger partial charge in [-0.15, -0.1) is 0 Å². The van der Waals surface area contributed by atoms with Crippen LogP contribution in [0, 0.1) is 5.92 Å². The summed E-state index contributed by atoms with van der Waals surface area (Å²) in [4.78, 5) is 23.0. The number of ketones is 1. The lowest BCUT2D eigenvalue weighted by Gasteiger charge is -2.18. The first-order valence-corrected chi connectivity index (χ1v) is 6.58. The van der Waals surface area contributed by atoms with E-state index in [1.807, 2.05) is 0 Å². The van der Waals surface area contributed by atoms with Crippen LogP contribution in [-0.2, 0) is 9.59 Å². The molecule has 2 aliphatic carbocycles. The molecule has 16 heavy (non-hydrogen) atoms. The zero-order chi connectivity index (χ0) is 11.4. The molecule has 0 aromatic rings. The zero-order valence-electron chi connectivity index (χ0n) is 9.84. The van der Waals surface area contributed by atoms with Gasteiger partial charge in [0, 0.05) is 24.8 Å². The molecule has 1 atom stereocenters. The van der Waals surface area contributed by atoms with Gasteiger partial charge in [-0.2, -0.15) is 0 Å². The van der Waals surface area contributed by atoms with Crippen LogP contribution in [0.15, 0.2) is 0 Å². The minimum Gasteiger partial charge on any atom is -0.353 e. The minimum absolute atomic E-state index is 0.0317. The second-order valence-corrected chi connectivity index (χ2v) is 5.18. The molecule has 0 aliphatic heterocycles. The topological polar surface area (TPSA) is 46.2 Å². The van der Waals surface area contributed by atoms with E-state index in [1.54, 1.807) is 0 Å². The number of hydrogen-bond donors (Lipinski definition) is 1. The molecule has 2 fully saturated rings. The van der Waals surface area contributed by atoms with Crippen molar-refractivity contribution in [2.45, 2.75) is 63.8 Å². The second-order valence-electron chi connectivity index (χ2n) is 5.18. The smallest absolute Gasteiger partial charge is 0.223 e. The van der Waals surface area contributed by atoms with E-state index in [0.717, 1.165) is 19.3 Å². The summed E-state index contributed by atoms with van der Waals surface area (Å²) < 4.78 is 0. The number of nitrogens with one attached hydrogen (secondary N) is 1. The molecule has 1 N–H and O–H groups in total. The first kappa shape index (κ1) is 11.6.